The summed E-state index contributed by atoms with van der Waals surface area (Å²) in [4.78, 5) is 31.4. The summed E-state index contributed by atoms with van der Waals surface area (Å²) in [5, 5.41) is 0. The molecular weight excluding hydrogens is 270 g/mol. The highest BCUT2D eigenvalue weighted by molar-refractivity contribution is 5.85. The summed E-state index contributed by atoms with van der Waals surface area (Å²) in [7, 11) is 0. The van der Waals surface area contributed by atoms with Gasteiger partial charge in [0.1, 0.15) is 0 Å². The van der Waals surface area contributed by atoms with E-state index in [2.05, 4.69) is 9.97 Å². The molecule has 0 aliphatic carbocycles. The molecule has 2 unspecified atom stereocenters. The third-order valence-corrected chi connectivity index (χ3v) is 3.06. The number of hydrogen-bond donors (Lipinski definition) is 1. The van der Waals surface area contributed by atoms with Crippen molar-refractivity contribution in [2.75, 3.05) is 0 Å². The molecule has 1 amide bonds. The number of pyridine rings is 2. The van der Waals surface area contributed by atoms with E-state index in [0.29, 0.717) is 5.56 Å². The number of amides is 1. The van der Waals surface area contributed by atoms with Crippen molar-refractivity contribution in [2.45, 2.75) is 18.9 Å². The number of hydrogen-bond acceptors (Lipinski definition) is 5. The summed E-state index contributed by atoms with van der Waals surface area (Å²) in [6.07, 6.45) is 5.07. The smallest absolute Gasteiger partial charge is 0.314 e. The zero-order valence-electron chi connectivity index (χ0n) is 11.5. The van der Waals surface area contributed by atoms with Crippen LogP contribution in [0.3, 0.4) is 0 Å². The van der Waals surface area contributed by atoms with Crippen LogP contribution in [0.2, 0.25) is 0 Å². The summed E-state index contributed by atoms with van der Waals surface area (Å²) in [5.74, 6) is -1.77. The minimum Gasteiger partial charge on any atom is -0.447 e. The maximum Gasteiger partial charge on any atom is 0.314 e. The van der Waals surface area contributed by atoms with Crippen molar-refractivity contribution < 1.29 is 14.3 Å². The molecular formula is C15H15N3O3. The number of rotatable bonds is 5. The molecule has 0 fully saturated rings. The molecule has 0 aromatic carbocycles. The molecule has 0 aliphatic rings. The lowest BCUT2D eigenvalue weighted by atomic mass is 10.0. The Morgan fingerprint density at radius 3 is 1.95 bits per heavy atom. The van der Waals surface area contributed by atoms with Crippen LogP contribution < -0.4 is 5.73 Å². The summed E-state index contributed by atoms with van der Waals surface area (Å²) in [6.45, 7) is 1.70. The van der Waals surface area contributed by atoms with E-state index in [4.69, 9.17) is 10.5 Å². The highest BCUT2D eigenvalue weighted by Gasteiger charge is 2.26. The standard InChI is InChI=1S/C15H15N3O3/c1-10(11-2-6-17-7-3-11)15(20)21-13(14(16)19)12-4-8-18-9-5-12/h2-10,13H,1H3,(H2,16,19). The average molecular weight is 285 g/mol. The van der Waals surface area contributed by atoms with Gasteiger partial charge in [0, 0.05) is 30.4 Å². The fourth-order valence-corrected chi connectivity index (χ4v) is 1.84. The van der Waals surface area contributed by atoms with Crippen LogP contribution in [-0.2, 0) is 14.3 Å². The second kappa shape index (κ2) is 6.60. The van der Waals surface area contributed by atoms with Crippen LogP contribution in [0, 0.1) is 0 Å². The Morgan fingerprint density at radius 1 is 1.00 bits per heavy atom. The maximum absolute atomic E-state index is 12.2. The van der Waals surface area contributed by atoms with Crippen LogP contribution in [0.1, 0.15) is 30.1 Å². The summed E-state index contributed by atoms with van der Waals surface area (Å²) in [5.41, 5.74) is 6.56. The van der Waals surface area contributed by atoms with Crippen LogP contribution in [0.25, 0.3) is 0 Å². The Kier molecular flexibility index (Phi) is 4.61. The number of ether oxygens (including phenoxy) is 1. The predicted molar refractivity (Wildman–Crippen MR) is 74.9 cm³/mol. The van der Waals surface area contributed by atoms with Crippen molar-refractivity contribution in [2.24, 2.45) is 5.73 Å². The van der Waals surface area contributed by atoms with E-state index in [0.717, 1.165) is 5.56 Å². The van der Waals surface area contributed by atoms with Gasteiger partial charge in [-0.3, -0.25) is 19.6 Å². The molecule has 21 heavy (non-hydrogen) atoms. The van der Waals surface area contributed by atoms with Crippen molar-refractivity contribution in [3.8, 4) is 0 Å². The molecule has 2 heterocycles. The van der Waals surface area contributed by atoms with Gasteiger partial charge in [0.15, 0.2) is 0 Å². The highest BCUT2D eigenvalue weighted by Crippen LogP contribution is 2.22. The second-order valence-electron chi connectivity index (χ2n) is 4.50. The first kappa shape index (κ1) is 14.6. The van der Waals surface area contributed by atoms with Gasteiger partial charge in [-0.05, 0) is 36.8 Å². The van der Waals surface area contributed by atoms with E-state index >= 15 is 0 Å². The zero-order chi connectivity index (χ0) is 15.2. The van der Waals surface area contributed by atoms with E-state index in [-0.39, 0.29) is 0 Å². The van der Waals surface area contributed by atoms with Gasteiger partial charge in [-0.25, -0.2) is 0 Å². The van der Waals surface area contributed by atoms with Crippen molar-refractivity contribution in [3.63, 3.8) is 0 Å². The Morgan fingerprint density at radius 2 is 1.48 bits per heavy atom. The van der Waals surface area contributed by atoms with Crippen molar-refractivity contribution in [3.05, 3.63) is 60.2 Å². The molecule has 0 saturated heterocycles. The first-order valence-electron chi connectivity index (χ1n) is 6.39. The Bertz CT molecular complexity index is 617. The molecule has 0 saturated carbocycles. The number of nitrogens with zero attached hydrogens (tertiary/aromatic N) is 2. The topological polar surface area (TPSA) is 95.2 Å². The van der Waals surface area contributed by atoms with Crippen LogP contribution in [0.5, 0.6) is 0 Å². The van der Waals surface area contributed by atoms with Crippen LogP contribution >= 0.6 is 0 Å². The van der Waals surface area contributed by atoms with E-state index in [9.17, 15) is 9.59 Å². The molecule has 0 aliphatic heterocycles. The molecule has 2 atom stereocenters. The van der Waals surface area contributed by atoms with Crippen molar-refractivity contribution in [1.82, 2.24) is 9.97 Å². The Balaban J connectivity index is 2.14. The lowest BCUT2D eigenvalue weighted by molar-refractivity contribution is -0.156. The van der Waals surface area contributed by atoms with E-state index < -0.39 is 23.9 Å². The molecule has 0 spiro atoms. The fraction of sp³-hybridized carbons (Fsp3) is 0.200. The quantitative estimate of drug-likeness (QED) is 0.837. The zero-order valence-corrected chi connectivity index (χ0v) is 11.5. The van der Waals surface area contributed by atoms with Crippen LogP contribution in [-0.4, -0.2) is 21.8 Å². The van der Waals surface area contributed by atoms with Crippen LogP contribution in [0.15, 0.2) is 49.1 Å². The van der Waals surface area contributed by atoms with Gasteiger partial charge in [0.05, 0.1) is 5.92 Å². The van der Waals surface area contributed by atoms with Gasteiger partial charge in [-0.15, -0.1) is 0 Å². The number of carbonyl (C=O) groups is 2. The minimum atomic E-state index is -1.12. The minimum absolute atomic E-state index is 0.493. The van der Waals surface area contributed by atoms with Crippen LogP contribution in [0.4, 0.5) is 0 Å². The first-order chi connectivity index (χ1) is 10.1. The van der Waals surface area contributed by atoms with Gasteiger partial charge in [-0.1, -0.05) is 0 Å². The lowest BCUT2D eigenvalue weighted by Crippen LogP contribution is -2.27. The lowest BCUT2D eigenvalue weighted by Gasteiger charge is -2.18. The van der Waals surface area contributed by atoms with Crippen molar-refractivity contribution in [1.29, 1.82) is 0 Å². The predicted octanol–water partition coefficient (Wildman–Crippen LogP) is 1.35. The van der Waals surface area contributed by atoms with Gasteiger partial charge >= 0.3 is 5.97 Å². The second-order valence-corrected chi connectivity index (χ2v) is 4.50. The summed E-state index contributed by atoms with van der Waals surface area (Å²) < 4.78 is 5.25. The molecule has 0 radical (unpaired) electrons. The Hall–Kier alpha value is -2.76. The molecule has 2 N–H and O–H groups in total. The number of nitrogens with two attached hydrogens (primary N) is 1. The molecule has 2 aromatic rings. The van der Waals surface area contributed by atoms with Crippen molar-refractivity contribution >= 4 is 11.9 Å². The SMILES string of the molecule is CC(C(=O)OC(C(N)=O)c1ccncc1)c1ccncc1. The third kappa shape index (κ3) is 3.62. The fourth-order valence-electron chi connectivity index (χ4n) is 1.84. The maximum atomic E-state index is 12.2. The molecule has 6 nitrogen and oxygen atoms in total. The summed E-state index contributed by atoms with van der Waals surface area (Å²) >= 11 is 0. The molecule has 2 aromatic heterocycles. The number of esters is 1. The van der Waals surface area contributed by atoms with Gasteiger partial charge in [0.2, 0.25) is 6.10 Å². The highest BCUT2D eigenvalue weighted by atomic mass is 16.5. The number of carbonyl (C=O) groups excluding carboxylic acids is 2. The molecule has 2 rings (SSSR count). The number of aromatic nitrogens is 2. The molecule has 0 bridgehead atoms. The van der Waals surface area contributed by atoms with Gasteiger partial charge in [0.25, 0.3) is 5.91 Å². The van der Waals surface area contributed by atoms with Gasteiger partial charge < -0.3 is 10.5 Å². The summed E-state index contributed by atoms with van der Waals surface area (Å²) in [6, 6.07) is 6.61. The molecule has 6 heteroatoms. The van der Waals surface area contributed by atoms with E-state index in [1.807, 2.05) is 0 Å². The third-order valence-electron chi connectivity index (χ3n) is 3.06. The van der Waals surface area contributed by atoms with E-state index in [1.165, 1.54) is 12.4 Å². The molecule has 108 valence electrons. The first-order valence-corrected chi connectivity index (χ1v) is 6.39. The average Bonchev–Trinajstić information content (AvgIpc) is 2.53. The normalized spacial score (nSPS) is 13.2. The van der Waals surface area contributed by atoms with E-state index in [1.54, 1.807) is 43.6 Å². The monoisotopic (exact) mass is 285 g/mol. The Labute approximate surface area is 122 Å². The van der Waals surface area contributed by atoms with Gasteiger partial charge in [-0.2, -0.15) is 0 Å². The number of primary amides is 1. The largest absolute Gasteiger partial charge is 0.447 e.